The van der Waals surface area contributed by atoms with E-state index in [1.54, 1.807) is 0 Å². The van der Waals surface area contributed by atoms with Gasteiger partial charge in [-0.1, -0.05) is 62.1 Å². The number of allylic oxidation sites excluding steroid dienone is 2. The fourth-order valence-corrected chi connectivity index (χ4v) is 12.4. The van der Waals surface area contributed by atoms with Gasteiger partial charge in [-0.3, -0.25) is 0 Å². The Balaban J connectivity index is 1.35. The Kier molecular flexibility index (Phi) is 3.42. The highest BCUT2D eigenvalue weighted by molar-refractivity contribution is 5.53. The van der Waals surface area contributed by atoms with Crippen LogP contribution in [0.3, 0.4) is 0 Å². The molecule has 4 nitrogen and oxygen atoms in total. The molecule has 2 aliphatic heterocycles. The van der Waals surface area contributed by atoms with Crippen molar-refractivity contribution in [1.82, 2.24) is 0 Å². The lowest BCUT2D eigenvalue weighted by Gasteiger charge is -2.64. The van der Waals surface area contributed by atoms with E-state index in [0.29, 0.717) is 61.9 Å². The normalized spacial score (nSPS) is 58.8. The Labute approximate surface area is 204 Å². The molecule has 5 fully saturated rings. The SMILES string of the molecule is CC1=C(C)C2(C)C3C4C(C=CC3C1(C)C21OCCO1)C1C4C2(C)C(C)=C(C)C1(C)C21OCCO1. The molecule has 0 N–H and O–H groups in total. The van der Waals surface area contributed by atoms with Crippen LogP contribution in [0.5, 0.6) is 0 Å². The molecule has 2 saturated heterocycles. The summed E-state index contributed by atoms with van der Waals surface area (Å²) in [5.74, 6) is 2.22. The average molecular weight is 465 g/mol. The smallest absolute Gasteiger partial charge is 0.187 e. The topological polar surface area (TPSA) is 36.9 Å². The number of fused-ring (bicyclic) bond motifs is 10. The summed E-state index contributed by atoms with van der Waals surface area (Å²) in [7, 11) is 0. The van der Waals surface area contributed by atoms with E-state index in [9.17, 15) is 0 Å². The fourth-order valence-electron chi connectivity index (χ4n) is 12.4. The Morgan fingerprint density at radius 2 is 0.971 bits per heavy atom. The maximum atomic E-state index is 6.73. The van der Waals surface area contributed by atoms with Crippen LogP contribution in [-0.2, 0) is 18.9 Å². The van der Waals surface area contributed by atoms with Crippen LogP contribution in [0.2, 0.25) is 0 Å². The van der Waals surface area contributed by atoms with E-state index in [-0.39, 0.29) is 21.7 Å². The molecule has 34 heavy (non-hydrogen) atoms. The van der Waals surface area contributed by atoms with Crippen molar-refractivity contribution in [3.05, 3.63) is 34.4 Å². The molecule has 0 aromatic heterocycles. The first-order valence-corrected chi connectivity index (χ1v) is 13.6. The molecule has 0 aromatic carbocycles. The molecule has 2 heterocycles. The quantitative estimate of drug-likeness (QED) is 0.443. The van der Waals surface area contributed by atoms with Gasteiger partial charge in [0.05, 0.1) is 26.4 Å². The number of rotatable bonds is 0. The van der Waals surface area contributed by atoms with Crippen molar-refractivity contribution in [3.63, 3.8) is 0 Å². The van der Waals surface area contributed by atoms with Gasteiger partial charge < -0.3 is 18.9 Å². The Hall–Kier alpha value is -0.940. The molecule has 6 aliphatic carbocycles. The molecule has 2 spiro atoms. The zero-order valence-electron chi connectivity index (χ0n) is 22.1. The van der Waals surface area contributed by atoms with Gasteiger partial charge in [-0.15, -0.1) is 0 Å². The van der Waals surface area contributed by atoms with E-state index in [1.807, 2.05) is 0 Å². The third kappa shape index (κ3) is 1.47. The first-order chi connectivity index (χ1) is 16.0. The van der Waals surface area contributed by atoms with Gasteiger partial charge >= 0.3 is 0 Å². The molecule has 10 unspecified atom stereocenters. The summed E-state index contributed by atoms with van der Waals surface area (Å²) < 4.78 is 26.9. The van der Waals surface area contributed by atoms with Crippen LogP contribution in [0.4, 0.5) is 0 Å². The lowest BCUT2D eigenvalue weighted by atomic mass is 9.38. The maximum Gasteiger partial charge on any atom is 0.187 e. The van der Waals surface area contributed by atoms with Gasteiger partial charge in [0, 0.05) is 21.7 Å². The first kappa shape index (κ1) is 21.2. The molecule has 0 aromatic rings. The van der Waals surface area contributed by atoms with Crippen molar-refractivity contribution in [2.75, 3.05) is 26.4 Å². The van der Waals surface area contributed by atoms with E-state index in [1.165, 1.54) is 22.3 Å². The molecule has 8 aliphatic rings. The highest BCUT2D eigenvalue weighted by Gasteiger charge is 2.90. The van der Waals surface area contributed by atoms with Crippen LogP contribution in [0, 0.1) is 57.2 Å². The summed E-state index contributed by atoms with van der Waals surface area (Å²) in [5.41, 5.74) is 5.68. The highest BCUT2D eigenvalue weighted by Crippen LogP contribution is 2.89. The minimum absolute atomic E-state index is 0.0629. The minimum atomic E-state index is -0.533. The first-order valence-electron chi connectivity index (χ1n) is 13.6. The fraction of sp³-hybridized carbons (Fsp3) is 0.800. The van der Waals surface area contributed by atoms with E-state index in [2.05, 4.69) is 67.5 Å². The third-order valence-electron chi connectivity index (χ3n) is 14.0. The zero-order valence-corrected chi connectivity index (χ0v) is 22.1. The van der Waals surface area contributed by atoms with Crippen LogP contribution in [0.15, 0.2) is 34.4 Å². The number of hydrogen-bond acceptors (Lipinski definition) is 4. The second-order valence-electron chi connectivity index (χ2n) is 13.6. The van der Waals surface area contributed by atoms with Gasteiger partial charge in [-0.25, -0.2) is 0 Å². The largest absolute Gasteiger partial charge is 0.346 e. The summed E-state index contributed by atoms with van der Waals surface area (Å²) >= 11 is 0. The average Bonchev–Trinajstić information content (AvgIpc) is 3.58. The van der Waals surface area contributed by atoms with Gasteiger partial charge in [0.25, 0.3) is 0 Å². The Morgan fingerprint density at radius 1 is 0.559 bits per heavy atom. The van der Waals surface area contributed by atoms with Crippen molar-refractivity contribution in [2.45, 2.75) is 67.0 Å². The van der Waals surface area contributed by atoms with Crippen molar-refractivity contribution >= 4 is 0 Å². The molecule has 184 valence electrons. The van der Waals surface area contributed by atoms with Gasteiger partial charge in [-0.05, 0) is 63.2 Å². The molecule has 4 bridgehead atoms. The van der Waals surface area contributed by atoms with Gasteiger partial charge in [0.2, 0.25) is 0 Å². The molecule has 0 amide bonds. The molecule has 10 atom stereocenters. The lowest BCUT2D eigenvalue weighted by molar-refractivity contribution is -0.252. The van der Waals surface area contributed by atoms with E-state index in [0.717, 1.165) is 0 Å². The standard InChI is InChI=1S/C30H40O4/c1-15-16(2)27(7)23-20(25(15,5)29(27)31-11-12-32-29)10-9-19-21(23)24-22(19)26(6)17(3)18(4)28(24,8)30(26)33-13-14-34-30/h9-10,19-24H,11-14H2,1-8H3. The van der Waals surface area contributed by atoms with Crippen molar-refractivity contribution in [2.24, 2.45) is 57.2 Å². The monoisotopic (exact) mass is 464 g/mol. The predicted octanol–water partition coefficient (Wildman–Crippen LogP) is 5.51. The molecular formula is C30H40O4. The Bertz CT molecular complexity index is 1130. The van der Waals surface area contributed by atoms with Gasteiger partial charge in [0.15, 0.2) is 11.6 Å². The van der Waals surface area contributed by atoms with Gasteiger partial charge in [-0.2, -0.15) is 0 Å². The summed E-state index contributed by atoms with van der Waals surface area (Å²) in [6.45, 7) is 22.2. The van der Waals surface area contributed by atoms with Crippen molar-refractivity contribution < 1.29 is 18.9 Å². The Morgan fingerprint density at radius 3 is 1.50 bits per heavy atom. The van der Waals surface area contributed by atoms with Crippen LogP contribution in [-0.4, -0.2) is 38.0 Å². The molecule has 3 saturated carbocycles. The zero-order chi connectivity index (χ0) is 23.8. The van der Waals surface area contributed by atoms with Crippen molar-refractivity contribution in [3.8, 4) is 0 Å². The van der Waals surface area contributed by atoms with E-state index in [4.69, 9.17) is 18.9 Å². The molecule has 4 heteroatoms. The predicted molar refractivity (Wildman–Crippen MR) is 129 cm³/mol. The van der Waals surface area contributed by atoms with E-state index >= 15 is 0 Å². The van der Waals surface area contributed by atoms with Crippen LogP contribution in [0.1, 0.15) is 55.4 Å². The van der Waals surface area contributed by atoms with Crippen molar-refractivity contribution in [1.29, 1.82) is 0 Å². The summed E-state index contributed by atoms with van der Waals surface area (Å²) in [5, 5.41) is 0. The highest BCUT2D eigenvalue weighted by atomic mass is 16.7. The number of ether oxygens (including phenoxy) is 4. The minimum Gasteiger partial charge on any atom is -0.346 e. The summed E-state index contributed by atoms with van der Waals surface area (Å²) in [6.07, 6.45) is 5.19. The van der Waals surface area contributed by atoms with E-state index < -0.39 is 11.6 Å². The second kappa shape index (κ2) is 5.49. The maximum absolute atomic E-state index is 6.73. The van der Waals surface area contributed by atoms with Gasteiger partial charge in [0.1, 0.15) is 0 Å². The summed E-state index contributed by atoms with van der Waals surface area (Å²) in [4.78, 5) is 0. The van der Waals surface area contributed by atoms with Crippen LogP contribution < -0.4 is 0 Å². The number of hydrogen-bond donors (Lipinski definition) is 0. The molecule has 0 radical (unpaired) electrons. The summed E-state index contributed by atoms with van der Waals surface area (Å²) in [6, 6.07) is 0. The molecular weight excluding hydrogens is 424 g/mol. The van der Waals surface area contributed by atoms with Crippen LogP contribution >= 0.6 is 0 Å². The lowest BCUT2D eigenvalue weighted by Crippen LogP contribution is -2.61. The third-order valence-corrected chi connectivity index (χ3v) is 14.0. The molecule has 8 rings (SSSR count). The van der Waals surface area contributed by atoms with Crippen LogP contribution in [0.25, 0.3) is 0 Å². The second-order valence-corrected chi connectivity index (χ2v) is 13.6.